The molecule has 1 amide bonds. The van der Waals surface area contributed by atoms with Gasteiger partial charge in [0.15, 0.2) is 0 Å². The molecule has 172 valence electrons. The number of piperazine rings is 1. The van der Waals surface area contributed by atoms with Gasteiger partial charge in [-0.1, -0.05) is 103 Å². The molecule has 4 aromatic rings. The third-order valence-electron chi connectivity index (χ3n) is 6.67. The van der Waals surface area contributed by atoms with Crippen LogP contribution in [0.4, 0.5) is 0 Å². The van der Waals surface area contributed by atoms with Crippen molar-refractivity contribution in [1.82, 2.24) is 9.80 Å². The van der Waals surface area contributed by atoms with Gasteiger partial charge in [0.2, 0.25) is 0 Å². The number of fused-ring (bicyclic) bond motifs is 1. The van der Waals surface area contributed by atoms with Crippen molar-refractivity contribution in [2.45, 2.75) is 6.04 Å². The summed E-state index contributed by atoms with van der Waals surface area (Å²) in [6, 6.07) is 37.3. The highest BCUT2D eigenvalue weighted by Crippen LogP contribution is 2.30. The van der Waals surface area contributed by atoms with Crippen LogP contribution in [0.15, 0.2) is 109 Å². The highest BCUT2D eigenvalue weighted by Gasteiger charge is 2.29. The maximum atomic E-state index is 13.3. The van der Waals surface area contributed by atoms with Crippen molar-refractivity contribution in [3.05, 3.63) is 125 Å². The Kier molecular flexibility index (Phi) is 6.70. The maximum absolute atomic E-state index is 13.3. The summed E-state index contributed by atoms with van der Waals surface area (Å²) < 4.78 is 0. The first-order chi connectivity index (χ1) is 17.2. The van der Waals surface area contributed by atoms with E-state index in [1.54, 1.807) is 6.08 Å². The van der Waals surface area contributed by atoms with E-state index >= 15 is 0 Å². The Morgan fingerprint density at radius 1 is 0.743 bits per heavy atom. The Balaban J connectivity index is 1.35. The molecule has 0 atom stereocenters. The smallest absolute Gasteiger partial charge is 0.264 e. The minimum atomic E-state index is -0.198. The second kappa shape index (κ2) is 10.4. The number of carbonyl (C=O) groups excluding carboxylic acids is 1. The molecule has 0 spiro atoms. The molecular weight excluding hydrogens is 430 g/mol. The van der Waals surface area contributed by atoms with Gasteiger partial charge in [-0.2, -0.15) is 5.26 Å². The zero-order valence-electron chi connectivity index (χ0n) is 19.5. The standard InChI is InChI=1S/C31H27N3O/c32-23-28(22-27-16-9-15-24-10-7-8-17-29(24)27)31(35)34-20-18-33(19-21-34)30(25-11-3-1-4-12-25)26-13-5-2-6-14-26/h1-17,22,30H,18-21H2. The lowest BCUT2D eigenvalue weighted by atomic mass is 9.96. The second-order valence-corrected chi connectivity index (χ2v) is 8.79. The number of hydrogen-bond acceptors (Lipinski definition) is 3. The number of carbonyl (C=O) groups is 1. The third kappa shape index (κ3) is 4.87. The van der Waals surface area contributed by atoms with Gasteiger partial charge in [-0.15, -0.1) is 0 Å². The molecule has 4 nitrogen and oxygen atoms in total. The molecule has 0 radical (unpaired) electrons. The van der Waals surface area contributed by atoms with Crippen LogP contribution in [0.1, 0.15) is 22.7 Å². The average Bonchev–Trinajstić information content (AvgIpc) is 2.93. The summed E-state index contributed by atoms with van der Waals surface area (Å²) in [5.74, 6) is -0.198. The number of nitrogens with zero attached hydrogens (tertiary/aromatic N) is 3. The van der Waals surface area contributed by atoms with Gasteiger partial charge in [-0.05, 0) is 33.5 Å². The van der Waals surface area contributed by atoms with Gasteiger partial charge >= 0.3 is 0 Å². The van der Waals surface area contributed by atoms with Crippen molar-refractivity contribution in [2.75, 3.05) is 26.2 Å². The van der Waals surface area contributed by atoms with Gasteiger partial charge in [0.25, 0.3) is 5.91 Å². The third-order valence-corrected chi connectivity index (χ3v) is 6.67. The van der Waals surface area contributed by atoms with E-state index in [9.17, 15) is 10.1 Å². The van der Waals surface area contributed by atoms with Gasteiger partial charge in [-0.25, -0.2) is 0 Å². The van der Waals surface area contributed by atoms with Gasteiger partial charge in [-0.3, -0.25) is 9.69 Å². The lowest BCUT2D eigenvalue weighted by Gasteiger charge is -2.39. The quantitative estimate of drug-likeness (QED) is 0.286. The van der Waals surface area contributed by atoms with Crippen molar-refractivity contribution in [2.24, 2.45) is 0 Å². The molecule has 4 heteroatoms. The van der Waals surface area contributed by atoms with E-state index in [2.05, 4.69) is 59.5 Å². The Bertz CT molecular complexity index is 1340. The molecule has 1 fully saturated rings. The molecule has 0 aliphatic carbocycles. The van der Waals surface area contributed by atoms with Gasteiger partial charge in [0, 0.05) is 26.2 Å². The molecule has 0 saturated carbocycles. The van der Waals surface area contributed by atoms with Crippen molar-refractivity contribution >= 4 is 22.8 Å². The van der Waals surface area contributed by atoms with Crippen LogP contribution in [0, 0.1) is 11.3 Å². The van der Waals surface area contributed by atoms with Crippen molar-refractivity contribution in [1.29, 1.82) is 5.26 Å². The average molecular weight is 458 g/mol. The summed E-state index contributed by atoms with van der Waals surface area (Å²) >= 11 is 0. The Labute approximate surface area is 206 Å². The topological polar surface area (TPSA) is 47.3 Å². The fourth-order valence-corrected chi connectivity index (χ4v) is 4.91. The lowest BCUT2D eigenvalue weighted by molar-refractivity contribution is -0.128. The number of benzene rings is 4. The Morgan fingerprint density at radius 2 is 1.31 bits per heavy atom. The van der Waals surface area contributed by atoms with E-state index in [1.165, 1.54) is 11.1 Å². The van der Waals surface area contributed by atoms with E-state index in [-0.39, 0.29) is 17.5 Å². The summed E-state index contributed by atoms with van der Waals surface area (Å²) in [7, 11) is 0. The first-order valence-electron chi connectivity index (χ1n) is 12.0. The normalized spacial score (nSPS) is 14.7. The maximum Gasteiger partial charge on any atom is 0.264 e. The van der Waals surface area contributed by atoms with E-state index in [0.29, 0.717) is 13.1 Å². The molecule has 1 saturated heterocycles. The summed E-state index contributed by atoms with van der Waals surface area (Å²) in [5, 5.41) is 11.9. The molecule has 0 N–H and O–H groups in total. The molecule has 0 unspecified atom stereocenters. The fraction of sp³-hybridized carbons (Fsp3) is 0.161. The van der Waals surface area contributed by atoms with Crippen LogP contribution in [0.2, 0.25) is 0 Å². The van der Waals surface area contributed by atoms with Crippen LogP contribution in [-0.2, 0) is 4.79 Å². The van der Waals surface area contributed by atoms with Crippen LogP contribution < -0.4 is 0 Å². The molecular formula is C31H27N3O. The van der Waals surface area contributed by atoms with Crippen LogP contribution in [-0.4, -0.2) is 41.9 Å². The van der Waals surface area contributed by atoms with Gasteiger partial charge in [0.1, 0.15) is 11.6 Å². The highest BCUT2D eigenvalue weighted by molar-refractivity contribution is 6.04. The van der Waals surface area contributed by atoms with Crippen LogP contribution in [0.25, 0.3) is 16.8 Å². The predicted molar refractivity (Wildman–Crippen MR) is 140 cm³/mol. The molecule has 1 aliphatic heterocycles. The summed E-state index contributed by atoms with van der Waals surface area (Å²) in [6.07, 6.45) is 1.73. The van der Waals surface area contributed by atoms with E-state index in [0.717, 1.165) is 29.4 Å². The first-order valence-corrected chi connectivity index (χ1v) is 12.0. The minimum Gasteiger partial charge on any atom is -0.335 e. The predicted octanol–water partition coefficient (Wildman–Crippen LogP) is 5.68. The minimum absolute atomic E-state index is 0.135. The highest BCUT2D eigenvalue weighted by atomic mass is 16.2. The van der Waals surface area contributed by atoms with Gasteiger partial charge in [0.05, 0.1) is 6.04 Å². The SMILES string of the molecule is N#CC(=Cc1cccc2ccccc12)C(=O)N1CCN(C(c2ccccc2)c2ccccc2)CC1. The van der Waals surface area contributed by atoms with Crippen LogP contribution in [0.3, 0.4) is 0 Å². The molecule has 0 aromatic heterocycles. The largest absolute Gasteiger partial charge is 0.335 e. The first kappa shape index (κ1) is 22.6. The zero-order valence-corrected chi connectivity index (χ0v) is 19.5. The van der Waals surface area contributed by atoms with Crippen molar-refractivity contribution in [3.63, 3.8) is 0 Å². The molecule has 4 aromatic carbocycles. The second-order valence-electron chi connectivity index (χ2n) is 8.79. The van der Waals surface area contributed by atoms with Crippen molar-refractivity contribution in [3.8, 4) is 6.07 Å². The zero-order chi connectivity index (χ0) is 24.0. The van der Waals surface area contributed by atoms with Crippen molar-refractivity contribution < 1.29 is 4.79 Å². The van der Waals surface area contributed by atoms with E-state index in [4.69, 9.17) is 0 Å². The molecule has 0 bridgehead atoms. The number of nitriles is 1. The molecule has 1 aliphatic rings. The summed E-state index contributed by atoms with van der Waals surface area (Å²) in [4.78, 5) is 17.5. The Morgan fingerprint density at radius 3 is 1.94 bits per heavy atom. The summed E-state index contributed by atoms with van der Waals surface area (Å²) in [6.45, 7) is 2.66. The van der Waals surface area contributed by atoms with Crippen LogP contribution >= 0.6 is 0 Å². The number of hydrogen-bond donors (Lipinski definition) is 0. The number of rotatable bonds is 5. The number of amides is 1. The molecule has 5 rings (SSSR count). The lowest BCUT2D eigenvalue weighted by Crippen LogP contribution is -2.50. The van der Waals surface area contributed by atoms with E-state index in [1.807, 2.05) is 59.5 Å². The van der Waals surface area contributed by atoms with Gasteiger partial charge < -0.3 is 4.90 Å². The monoisotopic (exact) mass is 457 g/mol. The Hall–Kier alpha value is -4.20. The van der Waals surface area contributed by atoms with E-state index < -0.39 is 0 Å². The fourth-order valence-electron chi connectivity index (χ4n) is 4.91. The molecule has 35 heavy (non-hydrogen) atoms. The van der Waals surface area contributed by atoms with Crippen LogP contribution in [0.5, 0.6) is 0 Å². The molecule has 1 heterocycles. The summed E-state index contributed by atoms with van der Waals surface area (Å²) in [5.41, 5.74) is 3.55.